The van der Waals surface area contributed by atoms with Crippen LogP contribution in [-0.4, -0.2) is 9.97 Å². The lowest BCUT2D eigenvalue weighted by atomic mass is 10.2. The highest BCUT2D eigenvalue weighted by Crippen LogP contribution is 2.28. The van der Waals surface area contributed by atoms with E-state index in [1.165, 1.54) is 0 Å². The fraction of sp³-hybridized carbons (Fsp3) is 0.0909. The lowest BCUT2D eigenvalue weighted by Crippen LogP contribution is -2.06. The van der Waals surface area contributed by atoms with Crippen LogP contribution in [0.25, 0.3) is 22.0 Å². The molecule has 2 heterocycles. The summed E-state index contributed by atoms with van der Waals surface area (Å²) in [5.74, 6) is 0.452. The zero-order valence-corrected chi connectivity index (χ0v) is 9.13. The lowest BCUT2D eigenvalue weighted by Gasteiger charge is -1.99. The summed E-state index contributed by atoms with van der Waals surface area (Å²) in [6.07, 6.45) is 0. The van der Waals surface area contributed by atoms with Gasteiger partial charge in [-0.05, 0) is 12.1 Å². The zero-order valence-electron chi connectivity index (χ0n) is 8.37. The number of nitrogens with zero attached hydrogens (tertiary/aromatic N) is 1. The van der Waals surface area contributed by atoms with Crippen molar-refractivity contribution in [2.75, 3.05) is 0 Å². The summed E-state index contributed by atoms with van der Waals surface area (Å²) in [6, 6.07) is 5.30. The number of rotatable bonds is 0. The van der Waals surface area contributed by atoms with E-state index in [0.29, 0.717) is 27.4 Å². The number of aryl methyl sites for hydroxylation is 1. The van der Waals surface area contributed by atoms with Gasteiger partial charge in [0.2, 0.25) is 0 Å². The number of nitrogens with one attached hydrogen (secondary N) is 1. The maximum Gasteiger partial charge on any atom is 0.278 e. The van der Waals surface area contributed by atoms with Gasteiger partial charge in [-0.3, -0.25) is 4.79 Å². The molecule has 0 atom stereocenters. The Morgan fingerprint density at radius 1 is 1.44 bits per heavy atom. The molecule has 0 aliphatic carbocycles. The predicted molar refractivity (Wildman–Crippen MR) is 61.9 cm³/mol. The number of H-pyrrole nitrogens is 1. The number of benzene rings is 1. The minimum Gasteiger partial charge on any atom is -0.440 e. The molecule has 0 radical (unpaired) electrons. The minimum atomic E-state index is -0.262. The van der Waals surface area contributed by atoms with E-state index in [9.17, 15) is 4.79 Å². The van der Waals surface area contributed by atoms with Gasteiger partial charge in [-0.15, -0.1) is 0 Å². The van der Waals surface area contributed by atoms with Gasteiger partial charge in [0, 0.05) is 6.92 Å². The highest BCUT2D eigenvalue weighted by Gasteiger charge is 2.13. The van der Waals surface area contributed by atoms with Crippen molar-refractivity contribution in [2.45, 2.75) is 6.92 Å². The molecule has 4 nitrogen and oxygen atoms in total. The van der Waals surface area contributed by atoms with Gasteiger partial charge in [0.15, 0.2) is 17.0 Å². The number of aromatic amines is 1. The van der Waals surface area contributed by atoms with Gasteiger partial charge in [-0.1, -0.05) is 17.7 Å². The van der Waals surface area contributed by atoms with Gasteiger partial charge >= 0.3 is 0 Å². The second-order valence-electron chi connectivity index (χ2n) is 3.53. The molecular weight excluding hydrogens is 228 g/mol. The highest BCUT2D eigenvalue weighted by atomic mass is 35.5. The third-order valence-corrected chi connectivity index (χ3v) is 2.75. The number of hydrogen-bond acceptors (Lipinski definition) is 3. The molecule has 3 aromatic rings. The summed E-state index contributed by atoms with van der Waals surface area (Å²) < 4.78 is 5.43. The maximum absolute atomic E-state index is 11.7. The number of aromatic nitrogens is 2. The highest BCUT2D eigenvalue weighted by molar-refractivity contribution is 6.37. The second kappa shape index (κ2) is 3.09. The summed E-state index contributed by atoms with van der Waals surface area (Å²) in [5, 5.41) is 1.23. The monoisotopic (exact) mass is 234 g/mol. The SMILES string of the molecule is Cc1nc2c(=O)[nH]c3cccc(Cl)c3c2o1. The third kappa shape index (κ3) is 1.17. The van der Waals surface area contributed by atoms with Crippen LogP contribution < -0.4 is 5.56 Å². The number of hydrogen-bond donors (Lipinski definition) is 1. The van der Waals surface area contributed by atoms with Crippen molar-refractivity contribution < 1.29 is 4.42 Å². The first-order valence-corrected chi connectivity index (χ1v) is 5.12. The van der Waals surface area contributed by atoms with Crippen LogP contribution in [-0.2, 0) is 0 Å². The Labute approximate surface area is 94.9 Å². The molecule has 0 unspecified atom stereocenters. The second-order valence-corrected chi connectivity index (χ2v) is 3.93. The molecule has 0 aliphatic heterocycles. The Kier molecular flexibility index (Phi) is 1.82. The number of oxazole rings is 1. The van der Waals surface area contributed by atoms with Crippen LogP contribution in [0.4, 0.5) is 0 Å². The summed E-state index contributed by atoms with van der Waals surface area (Å²) >= 11 is 6.09. The molecule has 0 amide bonds. The van der Waals surface area contributed by atoms with Gasteiger partial charge in [0.1, 0.15) is 0 Å². The van der Waals surface area contributed by atoms with Crippen LogP contribution in [0.15, 0.2) is 27.4 Å². The van der Waals surface area contributed by atoms with Gasteiger partial charge in [-0.2, -0.15) is 0 Å². The summed E-state index contributed by atoms with van der Waals surface area (Å²) in [7, 11) is 0. The largest absolute Gasteiger partial charge is 0.440 e. The van der Waals surface area contributed by atoms with Crippen molar-refractivity contribution >= 4 is 33.6 Å². The Balaban J connectivity index is 2.71. The standard InChI is InChI=1S/C11H7ClN2O2/c1-5-13-9-10(16-5)8-6(12)3-2-4-7(8)14-11(9)15/h2-4H,1H3,(H,14,15). The van der Waals surface area contributed by atoms with E-state index in [-0.39, 0.29) is 11.1 Å². The first-order valence-electron chi connectivity index (χ1n) is 4.74. The fourth-order valence-electron chi connectivity index (χ4n) is 1.79. The number of halogens is 1. The smallest absolute Gasteiger partial charge is 0.278 e. The lowest BCUT2D eigenvalue weighted by molar-refractivity contribution is 0.563. The Morgan fingerprint density at radius 2 is 2.25 bits per heavy atom. The van der Waals surface area contributed by atoms with Gasteiger partial charge in [0.05, 0.1) is 15.9 Å². The topological polar surface area (TPSA) is 58.9 Å². The first-order chi connectivity index (χ1) is 7.66. The molecule has 0 bridgehead atoms. The van der Waals surface area contributed by atoms with Crippen molar-refractivity contribution in [3.8, 4) is 0 Å². The molecule has 0 aliphatic rings. The van der Waals surface area contributed by atoms with E-state index in [4.69, 9.17) is 16.0 Å². The van der Waals surface area contributed by atoms with Crippen molar-refractivity contribution in [3.05, 3.63) is 39.5 Å². The summed E-state index contributed by atoms with van der Waals surface area (Å²) in [5.41, 5.74) is 1.13. The van der Waals surface area contributed by atoms with Gasteiger partial charge < -0.3 is 9.40 Å². The maximum atomic E-state index is 11.7. The van der Waals surface area contributed by atoms with Gasteiger partial charge in [0.25, 0.3) is 5.56 Å². The van der Waals surface area contributed by atoms with Crippen LogP contribution in [0.1, 0.15) is 5.89 Å². The van der Waals surface area contributed by atoms with Crippen molar-refractivity contribution in [2.24, 2.45) is 0 Å². The average molecular weight is 235 g/mol. The van der Waals surface area contributed by atoms with Crippen LogP contribution in [0.3, 0.4) is 0 Å². The van der Waals surface area contributed by atoms with Crippen molar-refractivity contribution in [1.82, 2.24) is 9.97 Å². The molecule has 5 heteroatoms. The molecule has 1 N–H and O–H groups in total. The molecule has 3 rings (SSSR count). The average Bonchev–Trinajstić information content (AvgIpc) is 2.60. The molecule has 0 saturated carbocycles. The molecule has 2 aromatic heterocycles. The zero-order chi connectivity index (χ0) is 11.3. The van der Waals surface area contributed by atoms with Crippen LogP contribution in [0.5, 0.6) is 0 Å². The van der Waals surface area contributed by atoms with E-state index in [1.807, 2.05) is 0 Å². The van der Waals surface area contributed by atoms with E-state index in [2.05, 4.69) is 9.97 Å². The minimum absolute atomic E-state index is 0.262. The molecule has 1 aromatic carbocycles. The van der Waals surface area contributed by atoms with E-state index in [1.54, 1.807) is 25.1 Å². The Hall–Kier alpha value is -1.81. The van der Waals surface area contributed by atoms with Crippen LogP contribution >= 0.6 is 11.6 Å². The Bertz CT molecular complexity index is 758. The molecule has 0 fully saturated rings. The normalized spacial score (nSPS) is 11.4. The summed E-state index contributed by atoms with van der Waals surface area (Å²) in [6.45, 7) is 1.70. The molecule has 80 valence electrons. The number of fused-ring (bicyclic) bond motifs is 3. The molecule has 16 heavy (non-hydrogen) atoms. The molecule has 0 saturated heterocycles. The molecule has 0 spiro atoms. The van der Waals surface area contributed by atoms with E-state index in [0.717, 1.165) is 0 Å². The van der Waals surface area contributed by atoms with Crippen LogP contribution in [0, 0.1) is 6.92 Å². The van der Waals surface area contributed by atoms with E-state index >= 15 is 0 Å². The summed E-state index contributed by atoms with van der Waals surface area (Å²) in [4.78, 5) is 18.5. The predicted octanol–water partition coefficient (Wildman–Crippen LogP) is 2.63. The van der Waals surface area contributed by atoms with Gasteiger partial charge in [-0.25, -0.2) is 4.98 Å². The fourth-order valence-corrected chi connectivity index (χ4v) is 2.05. The molecular formula is C11H7ClN2O2. The quantitative estimate of drug-likeness (QED) is 0.651. The van der Waals surface area contributed by atoms with Crippen LogP contribution in [0.2, 0.25) is 5.02 Å². The van der Waals surface area contributed by atoms with Crippen molar-refractivity contribution in [3.63, 3.8) is 0 Å². The first kappa shape index (κ1) is 9.42. The third-order valence-electron chi connectivity index (χ3n) is 2.44. The van der Waals surface area contributed by atoms with Crippen molar-refractivity contribution in [1.29, 1.82) is 0 Å². The number of pyridine rings is 1. The van der Waals surface area contributed by atoms with E-state index < -0.39 is 0 Å². The Morgan fingerprint density at radius 3 is 3.06 bits per heavy atom.